The Labute approximate surface area is 78.6 Å². The summed E-state index contributed by atoms with van der Waals surface area (Å²) in [5.41, 5.74) is 2.82. The monoisotopic (exact) mass is 190 g/mol. The summed E-state index contributed by atoms with van der Waals surface area (Å²) in [7, 11) is 4.64. The topological polar surface area (TPSA) is 0 Å². The number of allylic oxidation sites excluding steroid dienone is 4. The summed E-state index contributed by atoms with van der Waals surface area (Å²) in [5.74, 6) is 0. The van der Waals surface area contributed by atoms with Gasteiger partial charge in [-0.25, -0.2) is 0 Å². The Kier molecular flexibility index (Phi) is 6.51. The van der Waals surface area contributed by atoms with Crippen molar-refractivity contribution in [1.29, 1.82) is 0 Å². The van der Waals surface area contributed by atoms with Crippen LogP contribution in [-0.2, 0) is 19.4 Å². The molecule has 0 heterocycles. The van der Waals surface area contributed by atoms with Gasteiger partial charge >= 0.3 is 28.7 Å². The maximum absolute atomic E-state index is 4.64. The van der Waals surface area contributed by atoms with E-state index in [-0.39, 0.29) is 0 Å². The molecule has 0 spiro atoms. The molecule has 1 aliphatic rings. The van der Waals surface area contributed by atoms with Gasteiger partial charge < -0.3 is 0 Å². The first-order chi connectivity index (χ1) is 4.83. The van der Waals surface area contributed by atoms with Crippen molar-refractivity contribution in [2.45, 2.75) is 20.3 Å². The summed E-state index contributed by atoms with van der Waals surface area (Å²) in [4.78, 5) is 0. The third kappa shape index (κ3) is 3.60. The third-order valence-electron chi connectivity index (χ3n) is 1.38. The Bertz CT molecular complexity index is 147. The van der Waals surface area contributed by atoms with Gasteiger partial charge in [-0.3, -0.25) is 0 Å². The van der Waals surface area contributed by atoms with E-state index in [4.69, 9.17) is 0 Å². The van der Waals surface area contributed by atoms with Gasteiger partial charge in [0, 0.05) is 6.42 Å². The molecule has 0 aliphatic heterocycles. The number of hydrogen-bond acceptors (Lipinski definition) is 0. The first-order valence-electron chi connectivity index (χ1n) is 3.24. The van der Waals surface area contributed by atoms with Crippen LogP contribution in [0.15, 0.2) is 23.3 Å². The molecule has 1 aliphatic carbocycles. The Morgan fingerprint density at radius 3 is 2.30 bits per heavy atom. The van der Waals surface area contributed by atoms with E-state index < -0.39 is 0 Å². The molecule has 0 aromatic heterocycles. The van der Waals surface area contributed by atoms with Gasteiger partial charge in [-0.15, -0.1) is 0 Å². The molecule has 0 amide bonds. The van der Waals surface area contributed by atoms with Crippen LogP contribution in [-0.4, -0.2) is 0 Å². The van der Waals surface area contributed by atoms with Gasteiger partial charge in [-0.05, 0) is 13.3 Å². The number of rotatable bonds is 1. The summed E-state index contributed by atoms with van der Waals surface area (Å²) in [5, 5.41) is 0. The van der Waals surface area contributed by atoms with Crippen LogP contribution in [0.4, 0.5) is 0 Å². The summed E-state index contributed by atoms with van der Waals surface area (Å²) in [6.45, 7) is 4.30. The average molecular weight is 190 g/mol. The molecule has 0 aromatic carbocycles. The standard InChI is InChI=1S/C8H11.ClH.Ti/c1-3-8-5-4-7(2)6-8;;/h4-6H,3H2,1-2H3;1H;/q;;+1/p-1. The fraction of sp³-hybridized carbons (Fsp3) is 0.375. The molecule has 0 nitrogen and oxygen atoms in total. The molecule has 0 unspecified atom stereocenters. The second-order valence-electron chi connectivity index (χ2n) is 2.15. The van der Waals surface area contributed by atoms with Crippen LogP contribution in [0, 0.1) is 6.42 Å². The Morgan fingerprint density at radius 1 is 1.50 bits per heavy atom. The molecule has 0 bridgehead atoms. The molecule has 0 fully saturated rings. The van der Waals surface area contributed by atoms with E-state index >= 15 is 0 Å². The van der Waals surface area contributed by atoms with E-state index in [9.17, 15) is 0 Å². The van der Waals surface area contributed by atoms with Crippen LogP contribution in [0.3, 0.4) is 0 Å². The zero-order valence-corrected chi connectivity index (χ0v) is 8.63. The Balaban J connectivity index is 0.000000371. The van der Waals surface area contributed by atoms with Crippen molar-refractivity contribution < 1.29 is 19.4 Å². The average Bonchev–Trinajstić information content (AvgIpc) is 2.40. The summed E-state index contributed by atoms with van der Waals surface area (Å²) < 4.78 is 0. The minimum atomic E-state index is 1.16. The van der Waals surface area contributed by atoms with Crippen LogP contribution in [0.2, 0.25) is 0 Å². The van der Waals surface area contributed by atoms with Crippen LogP contribution in [0.1, 0.15) is 20.3 Å². The van der Waals surface area contributed by atoms with E-state index in [1.165, 1.54) is 30.5 Å². The Morgan fingerprint density at radius 2 is 2.10 bits per heavy atom. The molecule has 1 rings (SSSR count). The SMILES string of the molecule is CCC1=C[CH]C(C)=C1.[Cl][Ti]. The van der Waals surface area contributed by atoms with Crippen LogP contribution in [0.25, 0.3) is 0 Å². The van der Waals surface area contributed by atoms with Gasteiger partial charge in [0.05, 0.1) is 0 Å². The molecule has 1 radical (unpaired) electrons. The molecule has 0 atom stereocenters. The minimum absolute atomic E-state index is 1.16. The van der Waals surface area contributed by atoms with E-state index in [0.717, 1.165) is 6.42 Å². The van der Waals surface area contributed by atoms with Gasteiger partial charge in [-0.1, -0.05) is 30.2 Å². The van der Waals surface area contributed by atoms with Crippen molar-refractivity contribution in [3.8, 4) is 0 Å². The Hall–Kier alpha value is 0.484. The van der Waals surface area contributed by atoms with Gasteiger partial charge in [0.2, 0.25) is 0 Å². The van der Waals surface area contributed by atoms with E-state index in [1.807, 2.05) is 0 Å². The van der Waals surface area contributed by atoms with Crippen molar-refractivity contribution in [2.24, 2.45) is 0 Å². The zero-order chi connectivity index (χ0) is 7.98. The van der Waals surface area contributed by atoms with Crippen LogP contribution >= 0.6 is 9.30 Å². The molecule has 0 saturated heterocycles. The van der Waals surface area contributed by atoms with Crippen LogP contribution in [0.5, 0.6) is 0 Å². The molecular formula is C8H11ClTi. The fourth-order valence-electron chi connectivity index (χ4n) is 0.847. The van der Waals surface area contributed by atoms with Crippen LogP contribution < -0.4 is 0 Å². The van der Waals surface area contributed by atoms with Gasteiger partial charge in [-0.2, -0.15) is 0 Å². The summed E-state index contributed by atoms with van der Waals surface area (Å²) >= 11 is 1.47. The third-order valence-corrected chi connectivity index (χ3v) is 1.38. The molecule has 0 aromatic rings. The summed E-state index contributed by atoms with van der Waals surface area (Å²) in [6.07, 6.45) is 7.71. The van der Waals surface area contributed by atoms with E-state index in [2.05, 4.69) is 41.7 Å². The van der Waals surface area contributed by atoms with E-state index in [1.54, 1.807) is 0 Å². The molecule has 54 valence electrons. The van der Waals surface area contributed by atoms with Crippen molar-refractivity contribution in [3.05, 3.63) is 29.7 Å². The molecule has 0 N–H and O–H groups in total. The normalized spacial score (nSPS) is 15.0. The second kappa shape index (κ2) is 6.21. The second-order valence-corrected chi connectivity index (χ2v) is 2.15. The molecule has 10 heavy (non-hydrogen) atoms. The van der Waals surface area contributed by atoms with Gasteiger partial charge in [0.25, 0.3) is 0 Å². The predicted molar refractivity (Wildman–Crippen MR) is 42.3 cm³/mol. The quantitative estimate of drug-likeness (QED) is 0.557. The predicted octanol–water partition coefficient (Wildman–Crippen LogP) is 3.17. The first-order valence-corrected chi connectivity index (χ1v) is 5.39. The zero-order valence-electron chi connectivity index (χ0n) is 6.32. The van der Waals surface area contributed by atoms with E-state index in [0.29, 0.717) is 0 Å². The van der Waals surface area contributed by atoms with Gasteiger partial charge in [0.15, 0.2) is 0 Å². The van der Waals surface area contributed by atoms with Crippen molar-refractivity contribution in [2.75, 3.05) is 0 Å². The first kappa shape index (κ1) is 10.5. The maximum atomic E-state index is 4.64. The summed E-state index contributed by atoms with van der Waals surface area (Å²) in [6, 6.07) is 0. The van der Waals surface area contributed by atoms with Crippen molar-refractivity contribution in [3.63, 3.8) is 0 Å². The van der Waals surface area contributed by atoms with Crippen molar-refractivity contribution in [1.82, 2.24) is 0 Å². The molecule has 2 heteroatoms. The molecular weight excluding hydrogens is 179 g/mol. The number of hydrogen-bond donors (Lipinski definition) is 0. The molecule has 0 saturated carbocycles. The number of halogens is 1. The van der Waals surface area contributed by atoms with Crippen molar-refractivity contribution >= 4 is 9.30 Å². The van der Waals surface area contributed by atoms with Gasteiger partial charge in [0.1, 0.15) is 0 Å². The fourth-order valence-corrected chi connectivity index (χ4v) is 0.847.